The Morgan fingerprint density at radius 2 is 1.92 bits per heavy atom. The van der Waals surface area contributed by atoms with Gasteiger partial charge in [0.25, 0.3) is 5.91 Å². The third-order valence-corrected chi connectivity index (χ3v) is 3.90. The highest BCUT2D eigenvalue weighted by atomic mass is 35.5. The summed E-state index contributed by atoms with van der Waals surface area (Å²) in [5.74, 6) is -0.352. The molecule has 0 saturated heterocycles. The van der Waals surface area contributed by atoms with Crippen LogP contribution >= 0.6 is 23.2 Å². The molecule has 1 N–H and O–H groups in total. The number of rotatable bonds is 6. The fourth-order valence-electron chi connectivity index (χ4n) is 2.07. The highest BCUT2D eigenvalue weighted by Crippen LogP contribution is 2.25. The van der Waals surface area contributed by atoms with Gasteiger partial charge in [0.2, 0.25) is 0 Å². The first kappa shape index (κ1) is 19.1. The zero-order chi connectivity index (χ0) is 18.4. The summed E-state index contributed by atoms with van der Waals surface area (Å²) in [6, 6.07) is 11.8. The van der Waals surface area contributed by atoms with Crippen LogP contribution in [0.25, 0.3) is 0 Å². The molecule has 7 heteroatoms. The van der Waals surface area contributed by atoms with Gasteiger partial charge in [-0.3, -0.25) is 9.59 Å². The van der Waals surface area contributed by atoms with E-state index in [0.29, 0.717) is 21.5 Å². The van der Waals surface area contributed by atoms with Crippen LogP contribution in [0.3, 0.4) is 0 Å². The number of carbonyl (C=O) groups is 2. The van der Waals surface area contributed by atoms with E-state index in [9.17, 15) is 9.59 Å². The highest BCUT2D eigenvalue weighted by Gasteiger charge is 2.19. The maximum atomic E-state index is 12.1. The van der Waals surface area contributed by atoms with Crippen molar-refractivity contribution in [3.63, 3.8) is 0 Å². The van der Waals surface area contributed by atoms with Gasteiger partial charge in [-0.25, -0.2) is 0 Å². The third kappa shape index (κ3) is 5.66. The van der Waals surface area contributed by atoms with Gasteiger partial charge >= 0.3 is 5.97 Å². The molecule has 0 aliphatic heterocycles. The Kier molecular flexibility index (Phi) is 6.67. The summed E-state index contributed by atoms with van der Waals surface area (Å²) in [7, 11) is 1.55. The van der Waals surface area contributed by atoms with E-state index in [-0.39, 0.29) is 6.42 Å². The van der Waals surface area contributed by atoms with Crippen LogP contribution in [0.1, 0.15) is 12.5 Å². The molecule has 1 amide bonds. The van der Waals surface area contributed by atoms with Crippen molar-refractivity contribution in [2.45, 2.75) is 19.4 Å². The van der Waals surface area contributed by atoms with E-state index in [1.807, 2.05) is 0 Å². The average molecular weight is 382 g/mol. The Balaban J connectivity index is 1.92. The highest BCUT2D eigenvalue weighted by molar-refractivity contribution is 6.36. The molecule has 0 saturated carbocycles. The lowest BCUT2D eigenvalue weighted by Gasteiger charge is -2.14. The second-order valence-corrected chi connectivity index (χ2v) is 6.12. The summed E-state index contributed by atoms with van der Waals surface area (Å²) >= 11 is 11.8. The molecule has 0 spiro atoms. The Morgan fingerprint density at radius 3 is 2.60 bits per heavy atom. The van der Waals surface area contributed by atoms with Crippen molar-refractivity contribution in [2.75, 3.05) is 12.4 Å². The monoisotopic (exact) mass is 381 g/mol. The van der Waals surface area contributed by atoms with Crippen LogP contribution in [-0.4, -0.2) is 25.1 Å². The smallest absolute Gasteiger partial charge is 0.311 e. The predicted octanol–water partition coefficient (Wildman–Crippen LogP) is 4.11. The third-order valence-electron chi connectivity index (χ3n) is 3.35. The van der Waals surface area contributed by atoms with Crippen molar-refractivity contribution in [2.24, 2.45) is 0 Å². The number of amides is 1. The summed E-state index contributed by atoms with van der Waals surface area (Å²) in [6.07, 6.45) is -0.930. The van der Waals surface area contributed by atoms with Gasteiger partial charge in [-0.05, 0) is 42.8 Å². The second-order valence-electron chi connectivity index (χ2n) is 5.27. The zero-order valence-corrected chi connectivity index (χ0v) is 15.2. The number of halogens is 2. The topological polar surface area (TPSA) is 64.6 Å². The van der Waals surface area contributed by atoms with Crippen molar-refractivity contribution < 1.29 is 19.1 Å². The Morgan fingerprint density at radius 1 is 1.16 bits per heavy atom. The maximum absolute atomic E-state index is 12.1. The molecule has 0 aliphatic rings. The Hall–Kier alpha value is -2.24. The number of hydrogen-bond donors (Lipinski definition) is 1. The van der Waals surface area contributed by atoms with E-state index >= 15 is 0 Å². The number of esters is 1. The number of nitrogens with one attached hydrogen (secondary N) is 1. The lowest BCUT2D eigenvalue weighted by atomic mass is 10.1. The molecule has 0 fully saturated rings. The molecule has 2 rings (SSSR count). The van der Waals surface area contributed by atoms with Gasteiger partial charge in [0.15, 0.2) is 6.10 Å². The minimum absolute atomic E-state index is 0.0382. The molecule has 0 aliphatic carbocycles. The first-order valence-electron chi connectivity index (χ1n) is 7.47. The average Bonchev–Trinajstić information content (AvgIpc) is 2.57. The molecule has 2 aromatic rings. The Bertz CT molecular complexity index is 779. The largest absolute Gasteiger partial charge is 0.497 e. The second kappa shape index (κ2) is 8.74. The number of anilines is 1. The fraction of sp³-hybridized carbons (Fsp3) is 0.222. The lowest BCUT2D eigenvalue weighted by Crippen LogP contribution is -2.30. The summed E-state index contributed by atoms with van der Waals surface area (Å²) in [6.45, 7) is 1.49. The van der Waals surface area contributed by atoms with Crippen LogP contribution in [0.4, 0.5) is 5.69 Å². The summed E-state index contributed by atoms with van der Waals surface area (Å²) in [4.78, 5) is 24.1. The van der Waals surface area contributed by atoms with E-state index in [0.717, 1.165) is 5.56 Å². The van der Waals surface area contributed by atoms with Gasteiger partial charge in [-0.2, -0.15) is 0 Å². The molecule has 0 aromatic heterocycles. The summed E-state index contributed by atoms with van der Waals surface area (Å²) in [5.41, 5.74) is 1.13. The molecular formula is C18H17Cl2NO4. The van der Waals surface area contributed by atoms with Crippen molar-refractivity contribution in [3.05, 3.63) is 58.1 Å². The van der Waals surface area contributed by atoms with Crippen molar-refractivity contribution in [3.8, 4) is 5.75 Å². The van der Waals surface area contributed by atoms with Gasteiger partial charge in [0.05, 0.1) is 24.2 Å². The molecule has 0 heterocycles. The first-order chi connectivity index (χ1) is 11.9. The van der Waals surface area contributed by atoms with E-state index in [2.05, 4.69) is 5.32 Å². The van der Waals surface area contributed by atoms with Gasteiger partial charge in [0, 0.05) is 5.02 Å². The number of methoxy groups -OCH3 is 1. The molecule has 25 heavy (non-hydrogen) atoms. The quantitative estimate of drug-likeness (QED) is 0.764. The van der Waals surface area contributed by atoms with Crippen LogP contribution < -0.4 is 10.1 Å². The van der Waals surface area contributed by atoms with E-state index < -0.39 is 18.0 Å². The van der Waals surface area contributed by atoms with Crippen molar-refractivity contribution in [1.29, 1.82) is 0 Å². The first-order valence-corrected chi connectivity index (χ1v) is 8.23. The van der Waals surface area contributed by atoms with E-state index in [1.54, 1.807) is 43.5 Å². The number of benzene rings is 2. The molecule has 132 valence electrons. The van der Waals surface area contributed by atoms with Crippen LogP contribution in [0.5, 0.6) is 5.75 Å². The number of hydrogen-bond acceptors (Lipinski definition) is 4. The molecule has 0 unspecified atom stereocenters. The minimum atomic E-state index is -0.968. The van der Waals surface area contributed by atoms with Gasteiger partial charge in [0.1, 0.15) is 5.75 Å². The van der Waals surface area contributed by atoms with Crippen LogP contribution in [0.15, 0.2) is 42.5 Å². The predicted molar refractivity (Wildman–Crippen MR) is 97.3 cm³/mol. The van der Waals surface area contributed by atoms with Gasteiger partial charge in [-0.15, -0.1) is 0 Å². The molecule has 1 atom stereocenters. The SMILES string of the molecule is COc1cccc(CC(=O)O[C@@H](C)C(=O)Nc2ccc(Cl)cc2Cl)c1. The molecule has 2 aromatic carbocycles. The van der Waals surface area contributed by atoms with Crippen LogP contribution in [-0.2, 0) is 20.7 Å². The maximum Gasteiger partial charge on any atom is 0.311 e. The normalized spacial score (nSPS) is 11.5. The fourth-order valence-corrected chi connectivity index (χ4v) is 2.52. The molecule has 0 bridgehead atoms. The minimum Gasteiger partial charge on any atom is -0.497 e. The van der Waals surface area contributed by atoms with Crippen molar-refractivity contribution >= 4 is 40.8 Å². The molecule has 5 nitrogen and oxygen atoms in total. The van der Waals surface area contributed by atoms with Gasteiger partial charge < -0.3 is 14.8 Å². The van der Waals surface area contributed by atoms with E-state index in [1.165, 1.54) is 13.0 Å². The van der Waals surface area contributed by atoms with Crippen LogP contribution in [0.2, 0.25) is 10.0 Å². The number of ether oxygens (including phenoxy) is 2. The van der Waals surface area contributed by atoms with E-state index in [4.69, 9.17) is 32.7 Å². The zero-order valence-electron chi connectivity index (χ0n) is 13.7. The standard InChI is InChI=1S/C18H17Cl2NO4/c1-11(18(23)21-16-7-6-13(19)10-15(16)20)25-17(22)9-12-4-3-5-14(8-12)24-2/h3-8,10-11H,9H2,1-2H3,(H,21,23)/t11-/m0/s1. The summed E-state index contributed by atoms with van der Waals surface area (Å²) < 4.78 is 10.3. The van der Waals surface area contributed by atoms with Crippen molar-refractivity contribution in [1.82, 2.24) is 0 Å². The Labute approximate surface area is 155 Å². The number of carbonyl (C=O) groups excluding carboxylic acids is 2. The summed E-state index contributed by atoms with van der Waals surface area (Å²) in [5, 5.41) is 3.36. The van der Waals surface area contributed by atoms with Crippen LogP contribution in [0, 0.1) is 0 Å². The lowest BCUT2D eigenvalue weighted by molar-refractivity contribution is -0.152. The van der Waals surface area contributed by atoms with Gasteiger partial charge in [-0.1, -0.05) is 35.3 Å². The molecule has 0 radical (unpaired) electrons. The molecular weight excluding hydrogens is 365 g/mol.